The van der Waals surface area contributed by atoms with Gasteiger partial charge in [-0.2, -0.15) is 0 Å². The SMILES string of the molecule is CCCOC(=O)Oc1cc(Cl)ccc1Cl. The standard InChI is InChI=1S/C10H10Cl2O3/c1-2-5-14-10(13)15-9-6-7(11)3-4-8(9)12/h3-4,6H,2,5H2,1H3. The van der Waals surface area contributed by atoms with Gasteiger partial charge in [-0.1, -0.05) is 30.1 Å². The molecule has 0 atom stereocenters. The van der Waals surface area contributed by atoms with Crippen LogP contribution in [0.15, 0.2) is 18.2 Å². The summed E-state index contributed by atoms with van der Waals surface area (Å²) in [5.74, 6) is 0.199. The lowest BCUT2D eigenvalue weighted by Gasteiger charge is -2.06. The fourth-order valence-electron chi connectivity index (χ4n) is 0.860. The van der Waals surface area contributed by atoms with Gasteiger partial charge in [-0.05, 0) is 18.6 Å². The van der Waals surface area contributed by atoms with E-state index < -0.39 is 6.16 Å². The summed E-state index contributed by atoms with van der Waals surface area (Å²) < 4.78 is 9.58. The second-order valence-electron chi connectivity index (χ2n) is 2.78. The van der Waals surface area contributed by atoms with Crippen LogP contribution < -0.4 is 4.74 Å². The first-order chi connectivity index (χ1) is 7.13. The van der Waals surface area contributed by atoms with E-state index in [9.17, 15) is 4.79 Å². The van der Waals surface area contributed by atoms with Gasteiger partial charge in [0.2, 0.25) is 0 Å². The number of carbonyl (C=O) groups is 1. The van der Waals surface area contributed by atoms with E-state index in [0.29, 0.717) is 16.7 Å². The van der Waals surface area contributed by atoms with Crippen molar-refractivity contribution in [3.63, 3.8) is 0 Å². The highest BCUT2D eigenvalue weighted by molar-refractivity contribution is 6.34. The fraction of sp³-hybridized carbons (Fsp3) is 0.300. The normalized spacial score (nSPS) is 9.80. The highest BCUT2D eigenvalue weighted by atomic mass is 35.5. The maximum absolute atomic E-state index is 11.1. The van der Waals surface area contributed by atoms with Crippen LogP contribution in [-0.2, 0) is 4.74 Å². The van der Waals surface area contributed by atoms with Crippen LogP contribution >= 0.6 is 23.2 Å². The third kappa shape index (κ3) is 3.98. The van der Waals surface area contributed by atoms with E-state index in [1.54, 1.807) is 12.1 Å². The zero-order valence-corrected chi connectivity index (χ0v) is 9.64. The number of hydrogen-bond donors (Lipinski definition) is 0. The summed E-state index contributed by atoms with van der Waals surface area (Å²) in [7, 11) is 0. The highest BCUT2D eigenvalue weighted by Gasteiger charge is 2.09. The molecule has 82 valence electrons. The van der Waals surface area contributed by atoms with Crippen molar-refractivity contribution in [2.45, 2.75) is 13.3 Å². The molecule has 0 saturated carbocycles. The van der Waals surface area contributed by atoms with Gasteiger partial charge >= 0.3 is 6.16 Å². The third-order valence-electron chi connectivity index (χ3n) is 1.51. The molecular formula is C10H10Cl2O3. The summed E-state index contributed by atoms with van der Waals surface area (Å²) in [6, 6.07) is 4.61. The quantitative estimate of drug-likeness (QED) is 0.601. The van der Waals surface area contributed by atoms with Crippen molar-refractivity contribution in [1.82, 2.24) is 0 Å². The zero-order chi connectivity index (χ0) is 11.3. The molecule has 1 rings (SSSR count). The van der Waals surface area contributed by atoms with Gasteiger partial charge in [-0.15, -0.1) is 0 Å². The topological polar surface area (TPSA) is 35.5 Å². The number of ether oxygens (including phenoxy) is 2. The van der Waals surface area contributed by atoms with Crippen molar-refractivity contribution in [2.75, 3.05) is 6.61 Å². The minimum Gasteiger partial charge on any atom is -0.434 e. The zero-order valence-electron chi connectivity index (χ0n) is 8.13. The summed E-state index contributed by atoms with van der Waals surface area (Å²) in [5, 5.41) is 0.755. The van der Waals surface area contributed by atoms with Crippen LogP contribution in [0.5, 0.6) is 5.75 Å². The highest BCUT2D eigenvalue weighted by Crippen LogP contribution is 2.27. The summed E-state index contributed by atoms with van der Waals surface area (Å²) in [6.07, 6.45) is -0.0423. The smallest absolute Gasteiger partial charge is 0.434 e. The Morgan fingerprint density at radius 2 is 2.13 bits per heavy atom. The molecule has 0 aromatic heterocycles. The molecule has 0 fully saturated rings. The maximum atomic E-state index is 11.1. The van der Waals surface area contributed by atoms with E-state index in [2.05, 4.69) is 0 Å². The van der Waals surface area contributed by atoms with E-state index in [-0.39, 0.29) is 5.75 Å². The Labute approximate surface area is 97.9 Å². The van der Waals surface area contributed by atoms with Crippen molar-refractivity contribution >= 4 is 29.4 Å². The predicted molar refractivity (Wildman–Crippen MR) is 58.7 cm³/mol. The lowest BCUT2D eigenvalue weighted by molar-refractivity contribution is 0.0992. The molecule has 1 aromatic rings. The van der Waals surface area contributed by atoms with Gasteiger partial charge in [-0.25, -0.2) is 4.79 Å². The van der Waals surface area contributed by atoms with Gasteiger partial charge in [-0.3, -0.25) is 0 Å². The van der Waals surface area contributed by atoms with Crippen LogP contribution in [-0.4, -0.2) is 12.8 Å². The molecule has 5 heteroatoms. The molecule has 0 bridgehead atoms. The Morgan fingerprint density at radius 1 is 1.40 bits per heavy atom. The van der Waals surface area contributed by atoms with Crippen LogP contribution in [0, 0.1) is 0 Å². The van der Waals surface area contributed by atoms with Crippen molar-refractivity contribution in [3.05, 3.63) is 28.2 Å². The van der Waals surface area contributed by atoms with Gasteiger partial charge in [0, 0.05) is 11.1 Å². The van der Waals surface area contributed by atoms with E-state index in [1.165, 1.54) is 6.07 Å². The van der Waals surface area contributed by atoms with Crippen LogP contribution in [0.25, 0.3) is 0 Å². The van der Waals surface area contributed by atoms with Gasteiger partial charge < -0.3 is 9.47 Å². The molecule has 15 heavy (non-hydrogen) atoms. The monoisotopic (exact) mass is 248 g/mol. The number of rotatable bonds is 3. The molecule has 0 amide bonds. The van der Waals surface area contributed by atoms with Crippen LogP contribution in [0.2, 0.25) is 10.0 Å². The second kappa shape index (κ2) is 5.83. The number of benzene rings is 1. The lowest BCUT2D eigenvalue weighted by Crippen LogP contribution is -2.11. The molecule has 0 aliphatic heterocycles. The Bertz CT molecular complexity index is 353. The van der Waals surface area contributed by atoms with Gasteiger partial charge in [0.25, 0.3) is 0 Å². The van der Waals surface area contributed by atoms with Gasteiger partial charge in [0.1, 0.15) is 0 Å². The molecule has 0 heterocycles. The van der Waals surface area contributed by atoms with Crippen LogP contribution in [0.4, 0.5) is 4.79 Å². The summed E-state index contributed by atoms with van der Waals surface area (Å²) >= 11 is 11.5. The van der Waals surface area contributed by atoms with Gasteiger partial charge in [0.15, 0.2) is 5.75 Å². The lowest BCUT2D eigenvalue weighted by atomic mass is 10.3. The first kappa shape index (κ1) is 12.1. The van der Waals surface area contributed by atoms with Crippen LogP contribution in [0.3, 0.4) is 0 Å². The van der Waals surface area contributed by atoms with Crippen molar-refractivity contribution < 1.29 is 14.3 Å². The maximum Gasteiger partial charge on any atom is 0.513 e. The van der Waals surface area contributed by atoms with Crippen LogP contribution in [0.1, 0.15) is 13.3 Å². The number of carbonyl (C=O) groups excluding carboxylic acids is 1. The molecule has 0 spiro atoms. The van der Waals surface area contributed by atoms with E-state index in [1.807, 2.05) is 6.92 Å². The average molecular weight is 249 g/mol. The molecule has 0 aliphatic rings. The molecular weight excluding hydrogens is 239 g/mol. The molecule has 0 unspecified atom stereocenters. The molecule has 3 nitrogen and oxygen atoms in total. The Balaban J connectivity index is 2.63. The van der Waals surface area contributed by atoms with Crippen molar-refractivity contribution in [2.24, 2.45) is 0 Å². The average Bonchev–Trinajstić information content (AvgIpc) is 2.20. The fourth-order valence-corrected chi connectivity index (χ4v) is 1.18. The van der Waals surface area contributed by atoms with Crippen molar-refractivity contribution in [3.8, 4) is 5.75 Å². The third-order valence-corrected chi connectivity index (χ3v) is 2.06. The summed E-state index contributed by atoms with van der Waals surface area (Å²) in [4.78, 5) is 11.1. The van der Waals surface area contributed by atoms with Crippen molar-refractivity contribution in [1.29, 1.82) is 0 Å². The summed E-state index contributed by atoms with van der Waals surface area (Å²) in [5.41, 5.74) is 0. The largest absolute Gasteiger partial charge is 0.513 e. The van der Waals surface area contributed by atoms with E-state index in [0.717, 1.165) is 6.42 Å². The first-order valence-electron chi connectivity index (χ1n) is 4.43. The minimum atomic E-state index is -0.777. The summed E-state index contributed by atoms with van der Waals surface area (Å²) in [6.45, 7) is 2.21. The second-order valence-corrected chi connectivity index (χ2v) is 3.62. The Kier molecular flexibility index (Phi) is 4.72. The number of halogens is 2. The Hall–Kier alpha value is -0.930. The van der Waals surface area contributed by atoms with Gasteiger partial charge in [0.05, 0.1) is 11.6 Å². The van der Waals surface area contributed by atoms with E-state index >= 15 is 0 Å². The Morgan fingerprint density at radius 3 is 2.80 bits per heavy atom. The molecule has 1 aromatic carbocycles. The molecule has 0 radical (unpaired) electrons. The minimum absolute atomic E-state index is 0.199. The van der Waals surface area contributed by atoms with E-state index in [4.69, 9.17) is 32.7 Å². The number of hydrogen-bond acceptors (Lipinski definition) is 3. The molecule has 0 N–H and O–H groups in total. The first-order valence-corrected chi connectivity index (χ1v) is 5.18. The molecule has 0 saturated heterocycles. The predicted octanol–water partition coefficient (Wildman–Crippen LogP) is 3.92. The molecule has 0 aliphatic carbocycles.